The first-order chi connectivity index (χ1) is 8.47. The van der Waals surface area contributed by atoms with Gasteiger partial charge in [-0.2, -0.15) is 0 Å². The van der Waals surface area contributed by atoms with E-state index in [4.69, 9.17) is 4.52 Å². The highest BCUT2D eigenvalue weighted by atomic mass is 16.5. The first kappa shape index (κ1) is 11.7. The lowest BCUT2D eigenvalue weighted by atomic mass is 9.93. The van der Waals surface area contributed by atoms with E-state index in [1.807, 2.05) is 6.92 Å². The van der Waals surface area contributed by atoms with E-state index in [9.17, 15) is 0 Å². The molecule has 0 spiro atoms. The van der Waals surface area contributed by atoms with Gasteiger partial charge in [0.25, 0.3) is 0 Å². The number of hydrogen-bond donors (Lipinski definition) is 0. The van der Waals surface area contributed by atoms with Gasteiger partial charge in [-0.3, -0.25) is 4.90 Å². The van der Waals surface area contributed by atoms with E-state index >= 15 is 0 Å². The second-order valence-corrected chi connectivity index (χ2v) is 6.19. The number of hydrogen-bond acceptors (Lipinski definition) is 3. The monoisotopic (exact) mass is 244 g/mol. The Morgan fingerprint density at radius 2 is 2.06 bits per heavy atom. The van der Waals surface area contributed by atoms with Crippen LogP contribution in [-0.2, 0) is 13.0 Å². The SMILES string of the molecule is Cc1noc2c3c(ccc12)CCN(C(C)(C)C)C3. The first-order valence-corrected chi connectivity index (χ1v) is 6.58. The zero-order valence-corrected chi connectivity index (χ0v) is 11.6. The maximum atomic E-state index is 5.53. The summed E-state index contributed by atoms with van der Waals surface area (Å²) in [6.07, 6.45) is 1.10. The Morgan fingerprint density at radius 1 is 1.28 bits per heavy atom. The lowest BCUT2D eigenvalue weighted by Gasteiger charge is -2.39. The fourth-order valence-electron chi connectivity index (χ4n) is 2.73. The molecular weight excluding hydrogens is 224 g/mol. The summed E-state index contributed by atoms with van der Waals surface area (Å²) in [7, 11) is 0. The minimum atomic E-state index is 0.203. The Balaban J connectivity index is 2.10. The van der Waals surface area contributed by atoms with Crippen LogP contribution in [0.15, 0.2) is 16.7 Å². The first-order valence-electron chi connectivity index (χ1n) is 6.58. The molecule has 0 radical (unpaired) electrons. The van der Waals surface area contributed by atoms with Crippen LogP contribution in [0.5, 0.6) is 0 Å². The fraction of sp³-hybridized carbons (Fsp3) is 0.533. The third-order valence-corrected chi connectivity index (χ3v) is 3.97. The minimum Gasteiger partial charge on any atom is -0.356 e. The lowest BCUT2D eigenvalue weighted by molar-refractivity contribution is 0.121. The molecule has 3 rings (SSSR count). The molecule has 0 amide bonds. The van der Waals surface area contributed by atoms with E-state index in [2.05, 4.69) is 43.0 Å². The zero-order valence-electron chi connectivity index (χ0n) is 11.6. The summed E-state index contributed by atoms with van der Waals surface area (Å²) >= 11 is 0. The van der Waals surface area contributed by atoms with Crippen LogP contribution in [-0.4, -0.2) is 22.1 Å². The molecule has 0 bridgehead atoms. The van der Waals surface area contributed by atoms with Gasteiger partial charge in [0, 0.05) is 29.6 Å². The fourth-order valence-corrected chi connectivity index (χ4v) is 2.73. The molecule has 1 aromatic heterocycles. The second-order valence-electron chi connectivity index (χ2n) is 6.19. The average Bonchev–Trinajstić information content (AvgIpc) is 2.70. The summed E-state index contributed by atoms with van der Waals surface area (Å²) < 4.78 is 5.53. The van der Waals surface area contributed by atoms with Gasteiger partial charge in [0.1, 0.15) is 0 Å². The van der Waals surface area contributed by atoms with Crippen molar-refractivity contribution in [2.24, 2.45) is 0 Å². The van der Waals surface area contributed by atoms with Gasteiger partial charge in [-0.15, -0.1) is 0 Å². The van der Waals surface area contributed by atoms with E-state index < -0.39 is 0 Å². The summed E-state index contributed by atoms with van der Waals surface area (Å²) in [5, 5.41) is 5.25. The van der Waals surface area contributed by atoms with E-state index in [1.54, 1.807) is 0 Å². The van der Waals surface area contributed by atoms with Crippen molar-refractivity contribution in [3.63, 3.8) is 0 Å². The predicted molar refractivity (Wildman–Crippen MR) is 72.6 cm³/mol. The minimum absolute atomic E-state index is 0.203. The molecule has 0 fully saturated rings. The molecule has 0 unspecified atom stereocenters. The number of rotatable bonds is 0. The molecule has 0 aliphatic carbocycles. The van der Waals surface area contributed by atoms with Crippen LogP contribution in [0.3, 0.4) is 0 Å². The molecule has 1 aliphatic heterocycles. The van der Waals surface area contributed by atoms with Crippen molar-refractivity contribution in [3.8, 4) is 0 Å². The van der Waals surface area contributed by atoms with Crippen LogP contribution in [0.4, 0.5) is 0 Å². The van der Waals surface area contributed by atoms with Gasteiger partial charge >= 0.3 is 0 Å². The maximum Gasteiger partial charge on any atom is 0.171 e. The number of fused-ring (bicyclic) bond motifs is 3. The van der Waals surface area contributed by atoms with Crippen molar-refractivity contribution in [1.29, 1.82) is 0 Å². The van der Waals surface area contributed by atoms with Gasteiger partial charge in [-0.1, -0.05) is 11.2 Å². The Bertz CT molecular complexity index is 592. The molecule has 3 heteroatoms. The molecule has 0 saturated carbocycles. The Kier molecular flexibility index (Phi) is 2.49. The van der Waals surface area contributed by atoms with Gasteiger partial charge in [0.05, 0.1) is 5.69 Å². The summed E-state index contributed by atoms with van der Waals surface area (Å²) in [6.45, 7) is 10.9. The van der Waals surface area contributed by atoms with Gasteiger partial charge in [-0.05, 0) is 45.7 Å². The third kappa shape index (κ3) is 1.74. The van der Waals surface area contributed by atoms with E-state index in [0.29, 0.717) is 0 Å². The normalized spacial score (nSPS) is 17.1. The molecule has 2 heterocycles. The van der Waals surface area contributed by atoms with E-state index in [1.165, 1.54) is 11.1 Å². The van der Waals surface area contributed by atoms with Crippen LogP contribution in [0.25, 0.3) is 11.0 Å². The lowest BCUT2D eigenvalue weighted by Crippen LogP contribution is -2.44. The van der Waals surface area contributed by atoms with Crippen molar-refractivity contribution in [3.05, 3.63) is 29.0 Å². The average molecular weight is 244 g/mol. The van der Waals surface area contributed by atoms with Gasteiger partial charge in [0.2, 0.25) is 0 Å². The number of nitrogens with zero attached hydrogens (tertiary/aromatic N) is 2. The molecule has 0 saturated heterocycles. The standard InChI is InChI=1S/C15H20N2O/c1-10-12-6-5-11-7-8-17(15(2,3)4)9-13(11)14(12)18-16-10/h5-6H,7-9H2,1-4H3. The van der Waals surface area contributed by atoms with Crippen molar-refractivity contribution in [2.45, 2.75) is 46.2 Å². The second kappa shape index (κ2) is 3.82. The van der Waals surface area contributed by atoms with Gasteiger partial charge < -0.3 is 4.52 Å². The zero-order chi connectivity index (χ0) is 12.9. The Labute approximate surface area is 108 Å². The maximum absolute atomic E-state index is 5.53. The molecule has 1 aliphatic rings. The molecule has 3 nitrogen and oxygen atoms in total. The largest absolute Gasteiger partial charge is 0.356 e. The molecule has 18 heavy (non-hydrogen) atoms. The highest BCUT2D eigenvalue weighted by Gasteiger charge is 2.27. The van der Waals surface area contributed by atoms with E-state index in [0.717, 1.165) is 36.2 Å². The van der Waals surface area contributed by atoms with Crippen molar-refractivity contribution in [2.75, 3.05) is 6.54 Å². The number of benzene rings is 1. The highest BCUT2D eigenvalue weighted by Crippen LogP contribution is 2.31. The summed E-state index contributed by atoms with van der Waals surface area (Å²) in [4.78, 5) is 2.51. The van der Waals surface area contributed by atoms with Crippen molar-refractivity contribution < 1.29 is 4.52 Å². The van der Waals surface area contributed by atoms with Gasteiger partial charge in [0.15, 0.2) is 5.58 Å². The summed E-state index contributed by atoms with van der Waals surface area (Å²) in [6, 6.07) is 4.38. The predicted octanol–water partition coefficient (Wildman–Crippen LogP) is 3.29. The van der Waals surface area contributed by atoms with E-state index in [-0.39, 0.29) is 5.54 Å². The molecular formula is C15H20N2O. The summed E-state index contributed by atoms with van der Waals surface area (Å²) in [5.74, 6) is 0. The molecule has 0 N–H and O–H groups in total. The molecule has 2 aromatic rings. The number of aromatic nitrogens is 1. The van der Waals surface area contributed by atoms with Crippen LogP contribution < -0.4 is 0 Å². The van der Waals surface area contributed by atoms with Gasteiger partial charge in [-0.25, -0.2) is 0 Å². The quantitative estimate of drug-likeness (QED) is 0.712. The third-order valence-electron chi connectivity index (χ3n) is 3.97. The molecule has 96 valence electrons. The smallest absolute Gasteiger partial charge is 0.171 e. The van der Waals surface area contributed by atoms with Crippen molar-refractivity contribution >= 4 is 11.0 Å². The van der Waals surface area contributed by atoms with Crippen LogP contribution in [0, 0.1) is 6.92 Å². The van der Waals surface area contributed by atoms with Crippen LogP contribution in [0.2, 0.25) is 0 Å². The highest BCUT2D eigenvalue weighted by molar-refractivity contribution is 5.83. The van der Waals surface area contributed by atoms with Crippen molar-refractivity contribution in [1.82, 2.24) is 10.1 Å². The number of aryl methyl sites for hydroxylation is 1. The van der Waals surface area contributed by atoms with Crippen LogP contribution >= 0.6 is 0 Å². The topological polar surface area (TPSA) is 29.3 Å². The Morgan fingerprint density at radius 3 is 2.78 bits per heavy atom. The Hall–Kier alpha value is -1.35. The molecule has 1 aromatic carbocycles. The molecule has 0 atom stereocenters. The van der Waals surface area contributed by atoms with Crippen LogP contribution in [0.1, 0.15) is 37.6 Å². The summed E-state index contributed by atoms with van der Waals surface area (Å²) in [5.41, 5.74) is 4.92.